The summed E-state index contributed by atoms with van der Waals surface area (Å²) in [5, 5.41) is 1.61. The van der Waals surface area contributed by atoms with Crippen LogP contribution in [0.4, 0.5) is 13.2 Å². The van der Waals surface area contributed by atoms with E-state index in [0.717, 1.165) is 25.0 Å². The first-order valence-electron chi connectivity index (χ1n) is 6.71. The number of halogens is 3. The molecule has 1 aliphatic heterocycles. The molecule has 0 fully saturated rings. The van der Waals surface area contributed by atoms with E-state index < -0.39 is 22.8 Å². The minimum Gasteiger partial charge on any atom is -0.288 e. The predicted octanol–water partition coefficient (Wildman–Crippen LogP) is 3.55. The molecule has 2 unspecified atom stereocenters. The first-order valence-corrected chi connectivity index (χ1v) is 8.06. The van der Waals surface area contributed by atoms with Crippen LogP contribution in [0.2, 0.25) is 0 Å². The maximum atomic E-state index is 12.8. The molecule has 0 aliphatic carbocycles. The fourth-order valence-corrected chi connectivity index (χ4v) is 4.27. The van der Waals surface area contributed by atoms with E-state index in [1.807, 2.05) is 6.92 Å². The Morgan fingerprint density at radius 3 is 2.62 bits per heavy atom. The molecular formula is C15H17F3NOS+. The van der Waals surface area contributed by atoms with Gasteiger partial charge in [-0.1, -0.05) is 25.5 Å². The van der Waals surface area contributed by atoms with Crippen molar-refractivity contribution >= 4 is 22.4 Å². The summed E-state index contributed by atoms with van der Waals surface area (Å²) in [6.45, 7) is 1.99. The summed E-state index contributed by atoms with van der Waals surface area (Å²) in [7, 11) is 1.77. The van der Waals surface area contributed by atoms with E-state index in [1.54, 1.807) is 18.5 Å². The summed E-state index contributed by atoms with van der Waals surface area (Å²) in [6, 6.07) is 4.97. The van der Waals surface area contributed by atoms with Gasteiger partial charge in [0.15, 0.2) is 5.41 Å². The van der Waals surface area contributed by atoms with Crippen molar-refractivity contribution in [3.8, 4) is 0 Å². The van der Waals surface area contributed by atoms with Gasteiger partial charge in [0.2, 0.25) is 11.0 Å². The highest BCUT2D eigenvalue weighted by Crippen LogP contribution is 2.35. The summed E-state index contributed by atoms with van der Waals surface area (Å²) in [4.78, 5) is 12.4. The third-order valence-corrected chi connectivity index (χ3v) is 5.42. The van der Waals surface area contributed by atoms with Crippen LogP contribution in [0.15, 0.2) is 29.7 Å². The number of carbonyl (C=O) groups is 1. The number of allylic oxidation sites excluding steroid dienone is 1. The van der Waals surface area contributed by atoms with Crippen LogP contribution in [0.25, 0.3) is 5.57 Å². The summed E-state index contributed by atoms with van der Waals surface area (Å²) >= 11 is -0.403. The second-order valence-corrected chi connectivity index (χ2v) is 6.78. The van der Waals surface area contributed by atoms with Gasteiger partial charge in [0.1, 0.15) is 11.1 Å². The molecule has 0 bridgehead atoms. The van der Waals surface area contributed by atoms with Gasteiger partial charge in [0.25, 0.3) is 0 Å². The summed E-state index contributed by atoms with van der Waals surface area (Å²) in [5.74, 6) is -0.0612. The number of benzene rings is 1. The van der Waals surface area contributed by atoms with E-state index >= 15 is 0 Å². The molecule has 0 aromatic heterocycles. The second kappa shape index (κ2) is 6.23. The van der Waals surface area contributed by atoms with Gasteiger partial charge in [0, 0.05) is 13.5 Å². The quantitative estimate of drug-likeness (QED) is 0.861. The number of hydrogen-bond donors (Lipinski definition) is 1. The lowest BCUT2D eigenvalue weighted by molar-refractivity contribution is -0.137. The Balaban J connectivity index is 2.36. The number of hydrogen-bond acceptors (Lipinski definition) is 2. The largest absolute Gasteiger partial charge is 0.416 e. The van der Waals surface area contributed by atoms with Crippen molar-refractivity contribution in [3.63, 3.8) is 0 Å². The third kappa shape index (κ3) is 3.32. The molecule has 1 aromatic carbocycles. The average Bonchev–Trinajstić information content (AvgIpc) is 2.76. The molecule has 0 saturated heterocycles. The van der Waals surface area contributed by atoms with Crippen molar-refractivity contribution < 1.29 is 18.0 Å². The summed E-state index contributed by atoms with van der Waals surface area (Å²) in [6.07, 6.45) is -2.79. The predicted molar refractivity (Wildman–Crippen MR) is 79.5 cm³/mol. The Kier molecular flexibility index (Phi) is 4.78. The van der Waals surface area contributed by atoms with Crippen molar-refractivity contribution in [1.29, 1.82) is 0 Å². The maximum absolute atomic E-state index is 12.8. The summed E-state index contributed by atoms with van der Waals surface area (Å²) < 4.78 is 41.4. The van der Waals surface area contributed by atoms with Crippen molar-refractivity contribution in [2.45, 2.75) is 31.2 Å². The van der Waals surface area contributed by atoms with Crippen LogP contribution in [0.5, 0.6) is 0 Å². The topological polar surface area (TPSA) is 29.1 Å². The van der Waals surface area contributed by atoms with Gasteiger partial charge in [-0.05, 0) is 17.7 Å². The molecule has 21 heavy (non-hydrogen) atoms. The SMILES string of the molecule is CCCC1C(=O)C(c2cccc(C(F)(F)F)c2)=C[S+]1NC. The zero-order valence-electron chi connectivity index (χ0n) is 11.8. The fourth-order valence-electron chi connectivity index (χ4n) is 2.35. The van der Waals surface area contributed by atoms with Crippen molar-refractivity contribution in [2.75, 3.05) is 7.05 Å². The Morgan fingerprint density at radius 2 is 2.05 bits per heavy atom. The first kappa shape index (κ1) is 16.1. The zero-order chi connectivity index (χ0) is 15.6. The van der Waals surface area contributed by atoms with E-state index in [4.69, 9.17) is 0 Å². The minimum atomic E-state index is -4.40. The lowest BCUT2D eigenvalue weighted by Crippen LogP contribution is -2.31. The molecule has 1 N–H and O–H groups in total. The Bertz CT molecular complexity index is 568. The standard InChI is InChI=1S/C15H17F3NOS/c1-3-5-13-14(20)12(9-21(13)19-2)10-6-4-7-11(8-10)15(16,17)18/h4,6-9,13,19H,3,5H2,1-2H3/q+1. The van der Waals surface area contributed by atoms with Crippen LogP contribution in [-0.4, -0.2) is 18.1 Å². The van der Waals surface area contributed by atoms with E-state index in [-0.39, 0.29) is 11.0 Å². The molecule has 0 amide bonds. The van der Waals surface area contributed by atoms with Crippen LogP contribution < -0.4 is 4.72 Å². The average molecular weight is 316 g/mol. The molecule has 1 aromatic rings. The van der Waals surface area contributed by atoms with Gasteiger partial charge in [0.05, 0.1) is 11.1 Å². The number of Topliss-reactive ketones (excluding diaryl/α,β-unsaturated/α-hetero) is 1. The van der Waals surface area contributed by atoms with Gasteiger partial charge in [-0.3, -0.25) is 4.79 Å². The Hall–Kier alpha value is -1.27. The lowest BCUT2D eigenvalue weighted by atomic mass is 9.98. The number of carbonyl (C=O) groups excluding carboxylic acids is 1. The van der Waals surface area contributed by atoms with E-state index in [2.05, 4.69) is 4.72 Å². The van der Waals surface area contributed by atoms with E-state index in [1.165, 1.54) is 6.07 Å². The normalized spacial score (nSPS) is 22.5. The summed E-state index contributed by atoms with van der Waals surface area (Å²) in [5.41, 5.74) is 0.0235. The highest BCUT2D eigenvalue weighted by Gasteiger charge is 2.44. The van der Waals surface area contributed by atoms with Crippen LogP contribution in [0.1, 0.15) is 30.9 Å². The Labute approximate surface area is 124 Å². The minimum absolute atomic E-state index is 0.0612. The van der Waals surface area contributed by atoms with E-state index in [0.29, 0.717) is 11.1 Å². The molecule has 2 nitrogen and oxygen atoms in total. The van der Waals surface area contributed by atoms with Gasteiger partial charge >= 0.3 is 6.18 Å². The molecule has 6 heteroatoms. The van der Waals surface area contributed by atoms with Crippen LogP contribution >= 0.6 is 0 Å². The van der Waals surface area contributed by atoms with Gasteiger partial charge < -0.3 is 0 Å². The molecule has 0 saturated carbocycles. The van der Waals surface area contributed by atoms with Gasteiger partial charge in [-0.2, -0.15) is 13.2 Å². The van der Waals surface area contributed by atoms with Crippen molar-refractivity contribution in [2.24, 2.45) is 0 Å². The zero-order valence-corrected chi connectivity index (χ0v) is 12.6. The number of rotatable bonds is 4. The Morgan fingerprint density at radius 1 is 1.33 bits per heavy atom. The second-order valence-electron chi connectivity index (χ2n) is 4.83. The third-order valence-electron chi connectivity index (χ3n) is 3.40. The lowest BCUT2D eigenvalue weighted by Gasteiger charge is -2.09. The van der Waals surface area contributed by atoms with E-state index in [9.17, 15) is 18.0 Å². The maximum Gasteiger partial charge on any atom is 0.416 e. The van der Waals surface area contributed by atoms with Crippen molar-refractivity contribution in [3.05, 3.63) is 40.8 Å². The first-order chi connectivity index (χ1) is 9.88. The smallest absolute Gasteiger partial charge is 0.288 e. The van der Waals surface area contributed by atoms with Gasteiger partial charge in [-0.25, -0.2) is 0 Å². The highest BCUT2D eigenvalue weighted by atomic mass is 32.2. The van der Waals surface area contributed by atoms with Crippen LogP contribution in [0, 0.1) is 0 Å². The van der Waals surface area contributed by atoms with Gasteiger partial charge in [-0.15, -0.1) is 4.72 Å². The monoisotopic (exact) mass is 316 g/mol. The van der Waals surface area contributed by atoms with Crippen LogP contribution in [0.3, 0.4) is 0 Å². The molecule has 0 radical (unpaired) electrons. The fraction of sp³-hybridized carbons (Fsp3) is 0.400. The molecule has 1 aliphatic rings. The van der Waals surface area contributed by atoms with Crippen molar-refractivity contribution in [1.82, 2.24) is 4.72 Å². The molecule has 114 valence electrons. The molecule has 0 spiro atoms. The highest BCUT2D eigenvalue weighted by molar-refractivity contribution is 8.00. The number of nitrogens with one attached hydrogen (secondary N) is 1. The molecular weight excluding hydrogens is 299 g/mol. The number of alkyl halides is 3. The number of ketones is 1. The van der Waals surface area contributed by atoms with Crippen LogP contribution in [-0.2, 0) is 22.1 Å². The molecule has 2 atom stereocenters. The molecule has 1 heterocycles. The molecule has 2 rings (SSSR count).